The van der Waals surface area contributed by atoms with Crippen LogP contribution in [0.5, 0.6) is 0 Å². The van der Waals surface area contributed by atoms with E-state index in [9.17, 15) is 9.59 Å². The van der Waals surface area contributed by atoms with Gasteiger partial charge in [0.1, 0.15) is 12.4 Å². The normalized spacial score (nSPS) is 21.5. The van der Waals surface area contributed by atoms with Gasteiger partial charge in [0.25, 0.3) is 0 Å². The van der Waals surface area contributed by atoms with Crippen LogP contribution in [-0.4, -0.2) is 18.4 Å². The minimum Gasteiger partial charge on any atom is -0.450 e. The van der Waals surface area contributed by atoms with Crippen LogP contribution in [0.15, 0.2) is 34.9 Å². The molecule has 0 radical (unpaired) electrons. The SMILES string of the molecule is CC(C)=CC(=O)O[C@H]1C=CC(C)(C)C(C)=C1C=O. The molecule has 0 amide bonds. The zero-order valence-electron chi connectivity index (χ0n) is 11.6. The van der Waals surface area contributed by atoms with Crippen LogP contribution in [0.1, 0.15) is 34.6 Å². The average Bonchev–Trinajstić information content (AvgIpc) is 2.23. The van der Waals surface area contributed by atoms with E-state index in [0.717, 1.165) is 17.4 Å². The van der Waals surface area contributed by atoms with Crippen molar-refractivity contribution in [1.82, 2.24) is 0 Å². The van der Waals surface area contributed by atoms with E-state index in [1.54, 1.807) is 6.08 Å². The Bertz CT molecular complexity index is 446. The molecule has 0 aromatic heterocycles. The lowest BCUT2D eigenvalue weighted by Gasteiger charge is -2.30. The van der Waals surface area contributed by atoms with E-state index in [0.29, 0.717) is 5.57 Å². The second-order valence-electron chi connectivity index (χ2n) is 5.36. The molecular weight excluding hydrogens is 228 g/mol. The first kappa shape index (κ1) is 14.4. The standard InChI is InChI=1S/C15H20O3/c1-10(2)8-14(17)18-13-6-7-15(4,5)11(3)12(13)9-16/h6-9,13H,1-5H3/t13-/m0/s1. The summed E-state index contributed by atoms with van der Waals surface area (Å²) in [7, 11) is 0. The highest BCUT2D eigenvalue weighted by Gasteiger charge is 2.29. The van der Waals surface area contributed by atoms with Gasteiger partial charge in [-0.05, 0) is 26.8 Å². The van der Waals surface area contributed by atoms with Crippen LogP contribution in [0.3, 0.4) is 0 Å². The third-order valence-electron chi connectivity index (χ3n) is 3.17. The molecule has 0 aromatic rings. The zero-order valence-corrected chi connectivity index (χ0v) is 11.6. The van der Waals surface area contributed by atoms with Crippen LogP contribution in [0.25, 0.3) is 0 Å². The van der Waals surface area contributed by atoms with Crippen LogP contribution in [-0.2, 0) is 14.3 Å². The van der Waals surface area contributed by atoms with E-state index < -0.39 is 12.1 Å². The first-order chi connectivity index (χ1) is 8.27. The average molecular weight is 248 g/mol. The number of aldehydes is 1. The first-order valence-electron chi connectivity index (χ1n) is 5.99. The highest BCUT2D eigenvalue weighted by atomic mass is 16.5. The number of hydrogen-bond acceptors (Lipinski definition) is 3. The molecule has 18 heavy (non-hydrogen) atoms. The van der Waals surface area contributed by atoms with Crippen molar-refractivity contribution in [3.8, 4) is 0 Å². The van der Waals surface area contributed by atoms with Gasteiger partial charge in [0.2, 0.25) is 0 Å². The molecule has 0 N–H and O–H groups in total. The molecule has 1 aliphatic carbocycles. The number of carbonyl (C=O) groups excluding carboxylic acids is 2. The highest BCUT2D eigenvalue weighted by Crippen LogP contribution is 2.35. The van der Waals surface area contributed by atoms with Crippen molar-refractivity contribution in [2.75, 3.05) is 0 Å². The number of esters is 1. The maximum absolute atomic E-state index is 11.6. The van der Waals surface area contributed by atoms with Gasteiger partial charge in [0.15, 0.2) is 0 Å². The number of rotatable bonds is 3. The van der Waals surface area contributed by atoms with Gasteiger partial charge in [-0.15, -0.1) is 0 Å². The van der Waals surface area contributed by atoms with Gasteiger partial charge in [-0.25, -0.2) is 4.79 Å². The Morgan fingerprint density at radius 2 is 2.00 bits per heavy atom. The highest BCUT2D eigenvalue weighted by molar-refractivity contribution is 5.85. The minimum atomic E-state index is -0.571. The van der Waals surface area contributed by atoms with Crippen molar-refractivity contribution >= 4 is 12.3 Å². The molecule has 0 bridgehead atoms. The third-order valence-corrected chi connectivity index (χ3v) is 3.17. The fourth-order valence-electron chi connectivity index (χ4n) is 1.80. The summed E-state index contributed by atoms with van der Waals surface area (Å²) in [5, 5.41) is 0. The molecule has 0 saturated carbocycles. The molecule has 0 spiro atoms. The summed E-state index contributed by atoms with van der Waals surface area (Å²) < 4.78 is 5.28. The van der Waals surface area contributed by atoms with Gasteiger partial charge < -0.3 is 4.74 Å². The Hall–Kier alpha value is -1.64. The maximum Gasteiger partial charge on any atom is 0.331 e. The molecule has 1 atom stereocenters. The fraction of sp³-hybridized carbons (Fsp3) is 0.467. The Morgan fingerprint density at radius 3 is 2.50 bits per heavy atom. The molecule has 3 heteroatoms. The summed E-state index contributed by atoms with van der Waals surface area (Å²) in [6.45, 7) is 9.59. The number of carbonyl (C=O) groups is 2. The first-order valence-corrected chi connectivity index (χ1v) is 5.99. The lowest BCUT2D eigenvalue weighted by Crippen LogP contribution is -2.27. The van der Waals surface area contributed by atoms with Crippen molar-refractivity contribution in [2.45, 2.75) is 40.7 Å². The molecule has 3 nitrogen and oxygen atoms in total. The lowest BCUT2D eigenvalue weighted by molar-refractivity contribution is -0.139. The molecule has 1 aliphatic rings. The molecule has 0 saturated heterocycles. The van der Waals surface area contributed by atoms with Crippen molar-refractivity contribution in [3.05, 3.63) is 34.9 Å². The van der Waals surface area contributed by atoms with Crippen molar-refractivity contribution in [1.29, 1.82) is 0 Å². The van der Waals surface area contributed by atoms with E-state index >= 15 is 0 Å². The summed E-state index contributed by atoms with van der Waals surface area (Å²) in [5.74, 6) is -0.420. The smallest absolute Gasteiger partial charge is 0.331 e. The van der Waals surface area contributed by atoms with E-state index in [1.807, 2.05) is 40.7 Å². The Morgan fingerprint density at radius 1 is 1.39 bits per heavy atom. The lowest BCUT2D eigenvalue weighted by atomic mass is 9.77. The second kappa shape index (κ2) is 5.34. The van der Waals surface area contributed by atoms with Crippen LogP contribution in [0.2, 0.25) is 0 Å². The Labute approximate surface area is 108 Å². The van der Waals surface area contributed by atoms with E-state index in [2.05, 4.69) is 0 Å². The molecule has 0 aliphatic heterocycles. The topological polar surface area (TPSA) is 43.4 Å². The maximum atomic E-state index is 11.6. The summed E-state index contributed by atoms with van der Waals surface area (Å²) in [6.07, 6.45) is 5.37. The van der Waals surface area contributed by atoms with Crippen molar-refractivity contribution in [2.24, 2.45) is 5.41 Å². The molecule has 98 valence electrons. The van der Waals surface area contributed by atoms with Gasteiger partial charge in [-0.1, -0.05) is 31.1 Å². The van der Waals surface area contributed by atoms with Gasteiger partial charge >= 0.3 is 5.97 Å². The summed E-state index contributed by atoms with van der Waals surface area (Å²) in [5.41, 5.74) is 2.18. The van der Waals surface area contributed by atoms with Gasteiger partial charge in [0, 0.05) is 17.1 Å². The van der Waals surface area contributed by atoms with Crippen molar-refractivity contribution < 1.29 is 14.3 Å². The largest absolute Gasteiger partial charge is 0.450 e. The summed E-state index contributed by atoms with van der Waals surface area (Å²) in [6, 6.07) is 0. The second-order valence-corrected chi connectivity index (χ2v) is 5.36. The Kier molecular flexibility index (Phi) is 4.28. The van der Waals surface area contributed by atoms with E-state index in [1.165, 1.54) is 6.08 Å². The quantitative estimate of drug-likeness (QED) is 0.334. The van der Waals surface area contributed by atoms with Crippen LogP contribution < -0.4 is 0 Å². The fourth-order valence-corrected chi connectivity index (χ4v) is 1.80. The molecule has 0 unspecified atom stereocenters. The van der Waals surface area contributed by atoms with Gasteiger partial charge in [-0.2, -0.15) is 0 Å². The number of ether oxygens (including phenoxy) is 1. The van der Waals surface area contributed by atoms with Gasteiger partial charge in [0.05, 0.1) is 0 Å². The summed E-state index contributed by atoms with van der Waals surface area (Å²) in [4.78, 5) is 22.8. The summed E-state index contributed by atoms with van der Waals surface area (Å²) >= 11 is 0. The predicted octanol–water partition coefficient (Wildman–Crippen LogP) is 2.98. The number of allylic oxidation sites excluding steroid dienone is 3. The van der Waals surface area contributed by atoms with Crippen molar-refractivity contribution in [3.63, 3.8) is 0 Å². The van der Waals surface area contributed by atoms with E-state index in [-0.39, 0.29) is 5.41 Å². The molecule has 0 aromatic carbocycles. The van der Waals surface area contributed by atoms with E-state index in [4.69, 9.17) is 4.74 Å². The number of hydrogen-bond donors (Lipinski definition) is 0. The van der Waals surface area contributed by atoms with Crippen LogP contribution >= 0.6 is 0 Å². The monoisotopic (exact) mass is 248 g/mol. The predicted molar refractivity (Wildman–Crippen MR) is 71.0 cm³/mol. The molecule has 0 heterocycles. The minimum absolute atomic E-state index is 0.171. The molecule has 1 rings (SSSR count). The zero-order chi connectivity index (χ0) is 13.9. The van der Waals surface area contributed by atoms with Gasteiger partial charge in [-0.3, -0.25) is 4.79 Å². The Balaban J connectivity index is 2.96. The van der Waals surface area contributed by atoms with Crippen LogP contribution in [0.4, 0.5) is 0 Å². The molecule has 0 fully saturated rings. The third kappa shape index (κ3) is 3.19. The molecular formula is C15H20O3. The van der Waals surface area contributed by atoms with Crippen LogP contribution in [0, 0.1) is 5.41 Å².